The molecule has 2 heterocycles. The molecule has 2 aliphatic rings. The smallest absolute Gasteiger partial charge is 1.00 e. The minimum Gasteiger partial charge on any atom is -1.00 e. The number of esters is 2. The number of hydrogen-bond donors (Lipinski definition) is 1. The van der Waals surface area contributed by atoms with Crippen molar-refractivity contribution < 1.29 is 177 Å². The maximum Gasteiger partial charge on any atom is 1.00 e. The fourth-order valence-electron chi connectivity index (χ4n) is 5.90. The zero-order chi connectivity index (χ0) is 50.8. The molecule has 0 saturated carbocycles. The zero-order valence-electron chi connectivity index (χ0n) is 42.6. The van der Waals surface area contributed by atoms with E-state index in [0.717, 1.165) is 50.7 Å². The van der Waals surface area contributed by atoms with Crippen LogP contribution in [0, 0.1) is 26.0 Å². The molecule has 0 radical (unpaired) electrons. The number of halogens is 2. The summed E-state index contributed by atoms with van der Waals surface area (Å²) in [7, 11) is -1.00. The molecule has 0 unspecified atom stereocenters. The minimum atomic E-state index is -1.00. The van der Waals surface area contributed by atoms with E-state index in [1.54, 1.807) is 29.7 Å². The van der Waals surface area contributed by atoms with Gasteiger partial charge in [-0.05, 0) is 92.5 Å². The van der Waals surface area contributed by atoms with Gasteiger partial charge in [-0.15, -0.1) is 0 Å². The van der Waals surface area contributed by atoms with Gasteiger partial charge in [0.15, 0.2) is 0 Å². The van der Waals surface area contributed by atoms with Crippen LogP contribution in [-0.2, 0) is 28.6 Å². The summed E-state index contributed by atoms with van der Waals surface area (Å²) in [6.45, 7) is 22.3. The van der Waals surface area contributed by atoms with Gasteiger partial charge in [-0.2, -0.15) is 0 Å². The molecule has 2 fully saturated rings. The molecule has 0 aromatic heterocycles. The number of nitro benzene ring substituents is 2. The molecule has 68 heavy (non-hydrogen) atoms. The topological polar surface area (TPSA) is 263 Å². The van der Waals surface area contributed by atoms with Crippen LogP contribution in [0.5, 0.6) is 0 Å². The van der Waals surface area contributed by atoms with Gasteiger partial charge in [0, 0.05) is 69.2 Å². The molecule has 2 saturated heterocycles. The first-order chi connectivity index (χ1) is 30.9. The van der Waals surface area contributed by atoms with Gasteiger partial charge in [-0.25, -0.2) is 23.6 Å². The molecule has 2 aromatic rings. The van der Waals surface area contributed by atoms with Crippen LogP contribution < -0.4 is 118 Å². The maximum atomic E-state index is 12.8. The van der Waals surface area contributed by atoms with Gasteiger partial charge in [0.2, 0.25) is 0 Å². The van der Waals surface area contributed by atoms with Crippen LogP contribution >= 0.6 is 0 Å². The quantitative estimate of drug-likeness (QED) is 0.0659. The SMILES string of the molecule is C.CCOC(=O)c1cc(F)ccc1[N+](=O)[O-].CCOC(=O)c1cc(N2CCN(C(=O)OC(C)(C)C)C[C@H]2CC)ccc1[N+](=O)[O-].CC[C@@H]1CN(C(=O)OC(C)(C)C)CCN1.O=CO[O-].[2H]CF.[H-].[K+].[K+]. The van der Waals surface area contributed by atoms with Gasteiger partial charge >= 0.3 is 127 Å². The van der Waals surface area contributed by atoms with E-state index in [0.29, 0.717) is 31.4 Å². The Balaban J connectivity index is -0.000000293. The number of nitro groups is 2. The van der Waals surface area contributed by atoms with Crippen molar-refractivity contribution in [2.75, 3.05) is 64.5 Å². The molecule has 2 aromatic carbocycles. The van der Waals surface area contributed by atoms with E-state index in [9.17, 15) is 48.2 Å². The van der Waals surface area contributed by atoms with E-state index in [1.165, 1.54) is 12.1 Å². The van der Waals surface area contributed by atoms with E-state index in [1.807, 2.05) is 48.5 Å². The van der Waals surface area contributed by atoms with Crippen molar-refractivity contribution in [1.29, 1.82) is 0 Å². The Hall–Kier alpha value is -2.96. The monoisotopic (exact) mass is 1030 g/mol. The number of carbonyl (C=O) groups excluding carboxylic acids is 5. The van der Waals surface area contributed by atoms with Crippen molar-refractivity contribution in [1.82, 2.24) is 15.1 Å². The van der Waals surface area contributed by atoms with Crippen LogP contribution in [0.4, 0.5) is 35.4 Å². The number of amides is 2. The molecular weight excluding hydrogens is 957 g/mol. The molecule has 2 aliphatic heterocycles. The summed E-state index contributed by atoms with van der Waals surface area (Å²) in [5.74, 6) is -2.34. The summed E-state index contributed by atoms with van der Waals surface area (Å²) in [4.78, 5) is 84.8. The summed E-state index contributed by atoms with van der Waals surface area (Å²) in [6, 6.07) is 7.50. The molecule has 0 spiro atoms. The number of hydrogen-bond acceptors (Lipinski definition) is 17. The fraction of sp³-hybridized carbons (Fsp3) is 0.605. The van der Waals surface area contributed by atoms with Crippen molar-refractivity contribution >= 4 is 47.7 Å². The third kappa shape index (κ3) is 26.9. The van der Waals surface area contributed by atoms with E-state index in [2.05, 4.69) is 26.8 Å². The standard InChI is InChI=1S/C20H29N3O6.C11H22N2O2.C9H8FNO4.CH3F.CH2O3.CH4.2K.H/c1-6-14-13-21(19(25)29-20(3,4)5)10-11-22(14)15-8-9-17(23(26)27)16(12-15)18(24)28-7-2;1-5-9-8-13(7-6-12-9)10(14)15-11(2,3)4;1-2-15-9(12)7-5-6(10)3-4-8(7)11(13)14;1-2;2-1-4-3;;;;/h8-9,12,14H,6-7,10-11,13H2,1-5H3;9,12H,5-8H2,1-4H3;3-5H,2H2,1H3;1H3;1,3H;1H4;;;/q;;;;;;2*+1;-1/p-1/t14-;9-;;;;;;;/m11......./s1/i;;;1D;;;;;. The predicted molar refractivity (Wildman–Crippen MR) is 239 cm³/mol. The van der Waals surface area contributed by atoms with Gasteiger partial charge in [0.25, 0.3) is 17.8 Å². The van der Waals surface area contributed by atoms with Gasteiger partial charge < -0.3 is 50.5 Å². The zero-order valence-corrected chi connectivity index (χ0v) is 46.8. The second kappa shape index (κ2) is 36.9. The minimum absolute atomic E-state index is 0. The van der Waals surface area contributed by atoms with Crippen molar-refractivity contribution in [2.24, 2.45) is 0 Å². The predicted octanol–water partition coefficient (Wildman–Crippen LogP) is 0.900. The van der Waals surface area contributed by atoms with E-state index in [-0.39, 0.29) is 166 Å². The summed E-state index contributed by atoms with van der Waals surface area (Å²) in [6.07, 6.45) is 1.25. The first kappa shape index (κ1) is 69.3. The van der Waals surface area contributed by atoms with Crippen LogP contribution in [0.1, 0.15) is 113 Å². The molecule has 376 valence electrons. The fourth-order valence-corrected chi connectivity index (χ4v) is 5.90. The van der Waals surface area contributed by atoms with Crippen LogP contribution in [0.25, 0.3) is 0 Å². The van der Waals surface area contributed by atoms with E-state index < -0.39 is 51.6 Å². The second-order valence-corrected chi connectivity index (χ2v) is 15.7. The number of ether oxygens (including phenoxy) is 4. The molecule has 25 heteroatoms. The second-order valence-electron chi connectivity index (χ2n) is 15.7. The van der Waals surface area contributed by atoms with Gasteiger partial charge in [-0.3, -0.25) is 29.4 Å². The van der Waals surface area contributed by atoms with Gasteiger partial charge in [-0.1, -0.05) is 21.3 Å². The van der Waals surface area contributed by atoms with Gasteiger partial charge in [0.05, 0.1) is 31.6 Å². The summed E-state index contributed by atoms with van der Waals surface area (Å²) < 4.78 is 48.6. The number of piperazine rings is 2. The van der Waals surface area contributed by atoms with Crippen molar-refractivity contribution in [3.05, 3.63) is 73.6 Å². The van der Waals surface area contributed by atoms with E-state index in [4.69, 9.17) is 25.6 Å². The van der Waals surface area contributed by atoms with Crippen LogP contribution in [0.2, 0.25) is 0 Å². The Labute approximate surface area is 485 Å². The Morgan fingerprint density at radius 3 is 1.65 bits per heavy atom. The first-order valence-corrected chi connectivity index (χ1v) is 20.5. The molecule has 0 aliphatic carbocycles. The number of nitrogens with zero attached hydrogens (tertiary/aromatic N) is 5. The van der Waals surface area contributed by atoms with Crippen LogP contribution in [0.3, 0.4) is 0 Å². The number of rotatable bonds is 10. The summed E-state index contributed by atoms with van der Waals surface area (Å²) >= 11 is 0. The number of carbonyl (C=O) groups is 5. The van der Waals surface area contributed by atoms with Crippen molar-refractivity contribution in [2.45, 2.75) is 113 Å². The Bertz CT molecular complexity index is 1900. The van der Waals surface area contributed by atoms with Crippen LogP contribution in [0.15, 0.2) is 36.4 Å². The third-order valence-corrected chi connectivity index (χ3v) is 8.70. The Kier molecular flexibility index (Phi) is 37.6. The number of anilines is 1. The third-order valence-electron chi connectivity index (χ3n) is 8.70. The molecule has 4 rings (SSSR count). The number of alkyl halides is 1. The Morgan fingerprint density at radius 2 is 1.25 bits per heavy atom. The largest absolute Gasteiger partial charge is 1.00 e. The molecule has 0 bridgehead atoms. The average molecular weight is 1030 g/mol. The van der Waals surface area contributed by atoms with Crippen molar-refractivity contribution in [3.63, 3.8) is 0 Å². The number of benzene rings is 2. The van der Waals surface area contributed by atoms with Crippen LogP contribution in [-0.4, -0.2) is 133 Å². The Morgan fingerprint density at radius 1 is 0.809 bits per heavy atom. The molecule has 2 amide bonds. The molecule has 1 N–H and O–H groups in total. The first-order valence-electron chi connectivity index (χ1n) is 21.2. The van der Waals surface area contributed by atoms with Gasteiger partial charge in [0.1, 0.15) is 28.1 Å². The number of nitrogens with one attached hydrogen (secondary N) is 1. The van der Waals surface area contributed by atoms with E-state index >= 15 is 0 Å². The maximum absolute atomic E-state index is 12.8. The normalized spacial score (nSPS) is 15.0. The molecule has 2 atom stereocenters. The molecule has 21 nitrogen and oxygen atoms in total. The average Bonchev–Trinajstić information content (AvgIpc) is 3.25. The molecular formula is C43H68F2K2N6O15. The summed E-state index contributed by atoms with van der Waals surface area (Å²) in [5.41, 5.74) is -1.47. The summed E-state index contributed by atoms with van der Waals surface area (Å²) in [5, 5.41) is 33.6. The van der Waals surface area contributed by atoms with Crippen molar-refractivity contribution in [3.8, 4) is 0 Å².